The molecule has 134 valence electrons. The van der Waals surface area contributed by atoms with E-state index in [4.69, 9.17) is 5.26 Å². The van der Waals surface area contributed by atoms with Gasteiger partial charge in [-0.15, -0.1) is 0 Å². The fraction of sp³-hybridized carbons (Fsp3) is 0.158. The smallest absolute Gasteiger partial charge is 0.153 e. The van der Waals surface area contributed by atoms with E-state index in [1.807, 2.05) is 12.1 Å². The Bertz CT molecular complexity index is 1120. The van der Waals surface area contributed by atoms with E-state index >= 15 is 0 Å². The van der Waals surface area contributed by atoms with Gasteiger partial charge in [0.05, 0.1) is 36.4 Å². The summed E-state index contributed by atoms with van der Waals surface area (Å²) in [6.45, 7) is 0.531. The lowest BCUT2D eigenvalue weighted by Gasteiger charge is -2.08. The molecule has 2 N–H and O–H groups in total. The van der Waals surface area contributed by atoms with Gasteiger partial charge in [-0.05, 0) is 11.6 Å². The molecule has 0 saturated heterocycles. The molecule has 0 spiro atoms. The van der Waals surface area contributed by atoms with Gasteiger partial charge in [0, 0.05) is 30.1 Å². The van der Waals surface area contributed by atoms with Crippen molar-refractivity contribution in [1.29, 1.82) is 5.26 Å². The minimum atomic E-state index is -0.259. The van der Waals surface area contributed by atoms with E-state index in [2.05, 4.69) is 31.7 Å². The lowest BCUT2D eigenvalue weighted by atomic mass is 10.1. The zero-order chi connectivity index (χ0) is 18.6. The molecule has 0 amide bonds. The number of nitriles is 1. The van der Waals surface area contributed by atoms with Crippen LogP contribution in [0, 0.1) is 17.1 Å². The van der Waals surface area contributed by atoms with Crippen molar-refractivity contribution in [3.8, 4) is 6.07 Å². The average Bonchev–Trinajstić information content (AvgIpc) is 3.31. The molecule has 3 heterocycles. The largest absolute Gasteiger partial charge is 0.323 e. The van der Waals surface area contributed by atoms with Gasteiger partial charge in [-0.2, -0.15) is 15.5 Å². The summed E-state index contributed by atoms with van der Waals surface area (Å²) in [5.74, 6) is 0.949. The molecule has 1 aromatic carbocycles. The van der Waals surface area contributed by atoms with E-state index < -0.39 is 0 Å². The Kier molecular flexibility index (Phi) is 4.49. The molecule has 4 rings (SSSR count). The van der Waals surface area contributed by atoms with Crippen LogP contribution in [0.4, 0.5) is 16.0 Å². The summed E-state index contributed by atoms with van der Waals surface area (Å²) >= 11 is 0. The van der Waals surface area contributed by atoms with Crippen LogP contribution in [-0.4, -0.2) is 25.0 Å². The van der Waals surface area contributed by atoms with Crippen molar-refractivity contribution in [3.05, 3.63) is 65.9 Å². The molecule has 0 unspecified atom stereocenters. The number of aryl methyl sites for hydroxylation is 1. The summed E-state index contributed by atoms with van der Waals surface area (Å²) in [6.07, 6.45) is 4.24. The number of benzene rings is 1. The molecule has 7 nitrogen and oxygen atoms in total. The normalized spacial score (nSPS) is 10.8. The van der Waals surface area contributed by atoms with Crippen molar-refractivity contribution in [3.63, 3.8) is 0 Å². The highest BCUT2D eigenvalue weighted by Crippen LogP contribution is 2.24. The van der Waals surface area contributed by atoms with Crippen LogP contribution < -0.4 is 5.32 Å². The maximum absolute atomic E-state index is 14.1. The van der Waals surface area contributed by atoms with Crippen molar-refractivity contribution in [1.82, 2.24) is 25.0 Å². The summed E-state index contributed by atoms with van der Waals surface area (Å²) < 4.78 is 15.7. The highest BCUT2D eigenvalue weighted by molar-refractivity contribution is 5.83. The van der Waals surface area contributed by atoms with Crippen LogP contribution in [0.1, 0.15) is 17.7 Å². The molecule has 0 aliphatic heterocycles. The number of aromatic nitrogens is 5. The zero-order valence-electron chi connectivity index (χ0n) is 14.4. The van der Waals surface area contributed by atoms with Gasteiger partial charge in [-0.3, -0.25) is 9.78 Å². The van der Waals surface area contributed by atoms with Crippen LogP contribution in [0.25, 0.3) is 10.9 Å². The molecule has 0 atom stereocenters. The van der Waals surface area contributed by atoms with E-state index in [0.717, 1.165) is 16.6 Å². The molecule has 0 aliphatic rings. The van der Waals surface area contributed by atoms with Gasteiger partial charge in [0.15, 0.2) is 5.82 Å². The van der Waals surface area contributed by atoms with E-state index in [-0.39, 0.29) is 5.82 Å². The minimum absolute atomic E-state index is 0.259. The van der Waals surface area contributed by atoms with Crippen molar-refractivity contribution in [2.24, 2.45) is 0 Å². The van der Waals surface area contributed by atoms with Crippen LogP contribution in [0.5, 0.6) is 0 Å². The van der Waals surface area contributed by atoms with Gasteiger partial charge in [0.1, 0.15) is 11.6 Å². The Morgan fingerprint density at radius 1 is 1.22 bits per heavy atom. The summed E-state index contributed by atoms with van der Waals surface area (Å²) in [7, 11) is 0. The predicted octanol–water partition coefficient (Wildman–Crippen LogP) is 3.54. The average molecular weight is 361 g/mol. The Labute approximate surface area is 154 Å². The second-order valence-electron chi connectivity index (χ2n) is 6.05. The Morgan fingerprint density at radius 3 is 2.96 bits per heavy atom. The summed E-state index contributed by atoms with van der Waals surface area (Å²) in [4.78, 5) is 4.64. The van der Waals surface area contributed by atoms with Crippen molar-refractivity contribution < 1.29 is 4.39 Å². The molecule has 0 bridgehead atoms. The Hall–Kier alpha value is -3.73. The second kappa shape index (κ2) is 7.25. The van der Waals surface area contributed by atoms with Crippen molar-refractivity contribution in [2.45, 2.75) is 19.4 Å². The van der Waals surface area contributed by atoms with Crippen LogP contribution in [-0.2, 0) is 13.0 Å². The Balaban J connectivity index is 1.63. The van der Waals surface area contributed by atoms with Crippen LogP contribution in [0.15, 0.2) is 48.8 Å². The lowest BCUT2D eigenvalue weighted by molar-refractivity contribution is 0.613. The third-order valence-corrected chi connectivity index (χ3v) is 4.18. The monoisotopic (exact) mass is 361 g/mol. The first-order valence-electron chi connectivity index (χ1n) is 8.47. The number of pyridine rings is 1. The fourth-order valence-corrected chi connectivity index (χ4v) is 2.88. The predicted molar refractivity (Wildman–Crippen MR) is 98.8 cm³/mol. The molecule has 0 fully saturated rings. The third kappa shape index (κ3) is 3.62. The molecule has 0 radical (unpaired) electrons. The van der Waals surface area contributed by atoms with Crippen LogP contribution in [0.3, 0.4) is 0 Å². The van der Waals surface area contributed by atoms with Gasteiger partial charge in [0.2, 0.25) is 0 Å². The third-order valence-electron chi connectivity index (χ3n) is 4.18. The van der Waals surface area contributed by atoms with E-state index in [9.17, 15) is 4.39 Å². The molecule has 4 aromatic rings. The number of nitrogens with zero attached hydrogens (tertiary/aromatic N) is 5. The second-order valence-corrected chi connectivity index (χ2v) is 6.05. The van der Waals surface area contributed by atoms with Gasteiger partial charge >= 0.3 is 0 Å². The van der Waals surface area contributed by atoms with E-state index in [1.54, 1.807) is 35.3 Å². The SMILES string of the molecule is N#CCCn1ccc(Nc2cc3[nH]ncc3c(Cc3ccccc3F)n2)n1. The fourth-order valence-electron chi connectivity index (χ4n) is 2.88. The standard InChI is InChI=1S/C19H16FN7/c20-15-5-2-1-4-13(15)10-16-14-12-22-25-17(14)11-19(23-16)24-18-6-9-27(26-18)8-3-7-21/h1-2,4-6,9,11-12H,3,8,10H2,(H,22,25)(H,23,24,26). The van der Waals surface area contributed by atoms with Gasteiger partial charge < -0.3 is 5.32 Å². The number of aromatic amines is 1. The number of hydrogen-bond donors (Lipinski definition) is 2. The number of anilines is 2. The molecular formula is C19H16FN7. The molecule has 0 saturated carbocycles. The summed E-state index contributed by atoms with van der Waals surface area (Å²) in [6, 6.07) is 12.4. The quantitative estimate of drug-likeness (QED) is 0.548. The number of rotatable bonds is 6. The number of H-pyrrole nitrogens is 1. The van der Waals surface area contributed by atoms with Gasteiger partial charge in [-0.25, -0.2) is 9.37 Å². The maximum atomic E-state index is 14.1. The molecular weight excluding hydrogens is 345 g/mol. The highest BCUT2D eigenvalue weighted by atomic mass is 19.1. The number of nitrogens with one attached hydrogen (secondary N) is 2. The molecule has 0 aliphatic carbocycles. The Morgan fingerprint density at radius 2 is 2.11 bits per heavy atom. The highest BCUT2D eigenvalue weighted by Gasteiger charge is 2.12. The van der Waals surface area contributed by atoms with Crippen molar-refractivity contribution in [2.75, 3.05) is 5.32 Å². The number of halogens is 1. The number of fused-ring (bicyclic) bond motifs is 1. The van der Waals surface area contributed by atoms with Gasteiger partial charge in [-0.1, -0.05) is 18.2 Å². The lowest BCUT2D eigenvalue weighted by Crippen LogP contribution is -2.02. The summed E-state index contributed by atoms with van der Waals surface area (Å²) in [5.41, 5.74) is 2.10. The zero-order valence-corrected chi connectivity index (χ0v) is 14.4. The minimum Gasteiger partial charge on any atom is -0.323 e. The van der Waals surface area contributed by atoms with Crippen molar-refractivity contribution >= 4 is 22.5 Å². The first-order valence-corrected chi connectivity index (χ1v) is 8.47. The molecule has 3 aromatic heterocycles. The molecule has 27 heavy (non-hydrogen) atoms. The first-order chi connectivity index (χ1) is 13.2. The van der Waals surface area contributed by atoms with Crippen LogP contribution >= 0.6 is 0 Å². The topological polar surface area (TPSA) is 95.2 Å². The van der Waals surface area contributed by atoms with E-state index in [0.29, 0.717) is 36.6 Å². The maximum Gasteiger partial charge on any atom is 0.153 e. The summed E-state index contributed by atoms with van der Waals surface area (Å²) in [5, 5.41) is 24.1. The molecule has 8 heteroatoms. The van der Waals surface area contributed by atoms with Gasteiger partial charge in [0.25, 0.3) is 0 Å². The number of hydrogen-bond acceptors (Lipinski definition) is 5. The first kappa shape index (κ1) is 16.7. The van der Waals surface area contributed by atoms with E-state index in [1.165, 1.54) is 6.07 Å². The van der Waals surface area contributed by atoms with Crippen LogP contribution in [0.2, 0.25) is 0 Å².